The lowest BCUT2D eigenvalue weighted by atomic mass is 10.3. The molecule has 19 heavy (non-hydrogen) atoms. The number of hydrogen-bond acceptors (Lipinski definition) is 4. The van der Waals surface area contributed by atoms with Crippen LogP contribution in [0, 0.1) is 18.8 Å². The Morgan fingerprint density at radius 3 is 2.79 bits per heavy atom. The number of amides is 1. The van der Waals surface area contributed by atoms with E-state index in [9.17, 15) is 14.7 Å². The van der Waals surface area contributed by atoms with Crippen molar-refractivity contribution < 1.29 is 14.6 Å². The van der Waals surface area contributed by atoms with Gasteiger partial charge in [0.05, 0.1) is 13.2 Å². The van der Waals surface area contributed by atoms with Crippen LogP contribution in [0.4, 0.5) is 0 Å². The number of carbonyl (C=O) groups is 1. The minimum atomic E-state index is -0.369. The minimum Gasteiger partial charge on any atom is -0.508 e. The molecule has 1 saturated carbocycles. The molecule has 0 bridgehead atoms. The van der Waals surface area contributed by atoms with Gasteiger partial charge in [0, 0.05) is 29.6 Å². The van der Waals surface area contributed by atoms with E-state index in [-0.39, 0.29) is 29.8 Å². The molecule has 1 aromatic heterocycles. The maximum absolute atomic E-state index is 11.9. The van der Waals surface area contributed by atoms with Gasteiger partial charge in [-0.3, -0.25) is 9.59 Å². The molecule has 1 aliphatic heterocycles. The third-order valence-electron chi connectivity index (χ3n) is 3.90. The fourth-order valence-electron chi connectivity index (χ4n) is 2.74. The van der Waals surface area contributed by atoms with Crippen LogP contribution in [0.5, 0.6) is 5.75 Å². The highest BCUT2D eigenvalue weighted by Crippen LogP contribution is 2.43. The monoisotopic (exact) mass is 264 g/mol. The first-order chi connectivity index (χ1) is 9.06. The normalized spacial score (nSPS) is 27.9. The summed E-state index contributed by atoms with van der Waals surface area (Å²) < 4.78 is 6.60. The number of carbonyl (C=O) groups excluding carboxylic acids is 1. The van der Waals surface area contributed by atoms with E-state index in [4.69, 9.17) is 4.74 Å². The largest absolute Gasteiger partial charge is 0.508 e. The SMILES string of the molecule is Cc1cc(O)cc(=O)n1CC(=O)NC1[C@H]2COC[C@@H]12. The number of aromatic nitrogens is 1. The molecule has 1 aromatic rings. The molecule has 1 amide bonds. The molecule has 2 aliphatic rings. The maximum Gasteiger partial charge on any atom is 0.254 e. The van der Waals surface area contributed by atoms with Crippen molar-refractivity contribution in [3.8, 4) is 5.75 Å². The van der Waals surface area contributed by atoms with E-state index in [0.29, 0.717) is 30.7 Å². The Kier molecular flexibility index (Phi) is 2.82. The average molecular weight is 264 g/mol. The van der Waals surface area contributed by atoms with Crippen molar-refractivity contribution in [2.24, 2.45) is 11.8 Å². The maximum atomic E-state index is 11.9. The molecule has 2 N–H and O–H groups in total. The van der Waals surface area contributed by atoms with Gasteiger partial charge in [0.1, 0.15) is 12.3 Å². The summed E-state index contributed by atoms with van der Waals surface area (Å²) in [6, 6.07) is 2.78. The van der Waals surface area contributed by atoms with Gasteiger partial charge in [-0.2, -0.15) is 0 Å². The van der Waals surface area contributed by atoms with Crippen molar-refractivity contribution in [2.75, 3.05) is 13.2 Å². The van der Waals surface area contributed by atoms with E-state index in [2.05, 4.69) is 5.32 Å². The third-order valence-corrected chi connectivity index (χ3v) is 3.90. The van der Waals surface area contributed by atoms with Gasteiger partial charge in [-0.15, -0.1) is 0 Å². The zero-order chi connectivity index (χ0) is 13.6. The van der Waals surface area contributed by atoms with Crippen molar-refractivity contribution in [1.82, 2.24) is 9.88 Å². The summed E-state index contributed by atoms with van der Waals surface area (Å²) in [5.41, 5.74) is 0.200. The minimum absolute atomic E-state index is 0.0122. The number of pyridine rings is 1. The molecule has 0 spiro atoms. The van der Waals surface area contributed by atoms with Gasteiger partial charge in [-0.05, 0) is 13.0 Å². The van der Waals surface area contributed by atoms with Crippen LogP contribution < -0.4 is 10.9 Å². The Labute approximate surface area is 110 Å². The summed E-state index contributed by atoms with van der Waals surface area (Å²) in [5, 5.41) is 12.2. The summed E-state index contributed by atoms with van der Waals surface area (Å²) in [5.74, 6) is 0.645. The van der Waals surface area contributed by atoms with Crippen LogP contribution in [0.15, 0.2) is 16.9 Å². The van der Waals surface area contributed by atoms with Crippen LogP contribution in [-0.2, 0) is 16.1 Å². The standard InChI is InChI=1S/C13H16N2O4/c1-7-2-8(16)3-12(18)15(7)4-11(17)14-13-9-5-19-6-10(9)13/h2-3,9-10,13,16H,4-6H2,1H3,(H,14,17)/t9-,10+,13?. The number of hydrogen-bond donors (Lipinski definition) is 2. The molecular weight excluding hydrogens is 248 g/mol. The van der Waals surface area contributed by atoms with Crippen molar-refractivity contribution in [2.45, 2.75) is 19.5 Å². The summed E-state index contributed by atoms with van der Waals surface area (Å²) in [4.78, 5) is 23.6. The second-order valence-corrected chi connectivity index (χ2v) is 5.24. The number of aryl methyl sites for hydroxylation is 1. The summed E-state index contributed by atoms with van der Waals surface area (Å²) in [6.07, 6.45) is 0. The Balaban J connectivity index is 1.65. The third kappa shape index (κ3) is 2.23. The van der Waals surface area contributed by atoms with Crippen LogP contribution in [0.3, 0.4) is 0 Å². The Morgan fingerprint density at radius 2 is 2.16 bits per heavy atom. The number of nitrogens with one attached hydrogen (secondary N) is 1. The topological polar surface area (TPSA) is 80.6 Å². The molecule has 0 aromatic carbocycles. The van der Waals surface area contributed by atoms with Crippen molar-refractivity contribution in [3.05, 3.63) is 28.2 Å². The van der Waals surface area contributed by atoms with Gasteiger partial charge in [0.25, 0.3) is 5.56 Å². The van der Waals surface area contributed by atoms with E-state index in [1.165, 1.54) is 10.6 Å². The average Bonchev–Trinajstić information content (AvgIpc) is 2.78. The van der Waals surface area contributed by atoms with E-state index in [0.717, 1.165) is 6.07 Å². The van der Waals surface area contributed by atoms with Crippen LogP contribution in [0.25, 0.3) is 0 Å². The van der Waals surface area contributed by atoms with Crippen LogP contribution in [0.2, 0.25) is 0 Å². The smallest absolute Gasteiger partial charge is 0.254 e. The highest BCUT2D eigenvalue weighted by atomic mass is 16.5. The lowest BCUT2D eigenvalue weighted by Crippen LogP contribution is -2.36. The van der Waals surface area contributed by atoms with Gasteiger partial charge in [-0.25, -0.2) is 0 Å². The molecule has 3 atom stereocenters. The zero-order valence-electron chi connectivity index (χ0n) is 10.6. The van der Waals surface area contributed by atoms with Crippen LogP contribution >= 0.6 is 0 Å². The lowest BCUT2D eigenvalue weighted by molar-refractivity contribution is -0.122. The van der Waals surface area contributed by atoms with Crippen LogP contribution in [-0.4, -0.2) is 34.8 Å². The summed E-state index contributed by atoms with van der Waals surface area (Å²) in [6.45, 7) is 3.11. The fourth-order valence-corrected chi connectivity index (χ4v) is 2.74. The second kappa shape index (κ2) is 4.38. The number of nitrogens with zero attached hydrogens (tertiary/aromatic N) is 1. The highest BCUT2D eigenvalue weighted by molar-refractivity contribution is 5.76. The lowest BCUT2D eigenvalue weighted by Gasteiger charge is -2.11. The Hall–Kier alpha value is -1.82. The van der Waals surface area contributed by atoms with E-state index in [1.54, 1.807) is 6.92 Å². The number of ether oxygens (including phenoxy) is 1. The molecule has 1 unspecified atom stereocenters. The van der Waals surface area contributed by atoms with Crippen molar-refractivity contribution in [3.63, 3.8) is 0 Å². The molecule has 3 rings (SSSR count). The molecule has 1 aliphatic carbocycles. The van der Waals surface area contributed by atoms with Gasteiger partial charge in [0.15, 0.2) is 0 Å². The van der Waals surface area contributed by atoms with E-state index >= 15 is 0 Å². The number of fused-ring (bicyclic) bond motifs is 1. The predicted molar refractivity (Wildman–Crippen MR) is 66.8 cm³/mol. The van der Waals surface area contributed by atoms with E-state index in [1.807, 2.05) is 0 Å². The first-order valence-electron chi connectivity index (χ1n) is 6.34. The van der Waals surface area contributed by atoms with E-state index < -0.39 is 0 Å². The number of rotatable bonds is 3. The molecule has 2 heterocycles. The molecule has 6 heteroatoms. The van der Waals surface area contributed by atoms with Gasteiger partial charge in [-0.1, -0.05) is 0 Å². The quantitative estimate of drug-likeness (QED) is 0.780. The first kappa shape index (κ1) is 12.2. The molecule has 102 valence electrons. The molecular formula is C13H16N2O4. The summed E-state index contributed by atoms with van der Waals surface area (Å²) >= 11 is 0. The van der Waals surface area contributed by atoms with Crippen molar-refractivity contribution in [1.29, 1.82) is 0 Å². The van der Waals surface area contributed by atoms with Crippen molar-refractivity contribution >= 4 is 5.91 Å². The molecule has 0 radical (unpaired) electrons. The van der Waals surface area contributed by atoms with Gasteiger partial charge >= 0.3 is 0 Å². The summed E-state index contributed by atoms with van der Waals surface area (Å²) in [7, 11) is 0. The predicted octanol–water partition coefficient (Wildman–Crippen LogP) is -0.377. The van der Waals surface area contributed by atoms with Gasteiger partial charge in [0.2, 0.25) is 5.91 Å². The zero-order valence-corrected chi connectivity index (χ0v) is 10.6. The second-order valence-electron chi connectivity index (χ2n) is 5.24. The number of aromatic hydroxyl groups is 1. The van der Waals surface area contributed by atoms with Crippen LogP contribution in [0.1, 0.15) is 5.69 Å². The highest BCUT2D eigenvalue weighted by Gasteiger charge is 2.54. The Bertz CT molecular complexity index is 570. The Morgan fingerprint density at radius 1 is 1.47 bits per heavy atom. The van der Waals surface area contributed by atoms with Gasteiger partial charge < -0.3 is 19.7 Å². The molecule has 6 nitrogen and oxygen atoms in total. The molecule has 1 saturated heterocycles. The molecule has 2 fully saturated rings. The fraction of sp³-hybridized carbons (Fsp3) is 0.538. The first-order valence-corrected chi connectivity index (χ1v) is 6.34.